The first kappa shape index (κ1) is 26.3. The summed E-state index contributed by atoms with van der Waals surface area (Å²) >= 11 is 0. The number of unbranched alkanes of at least 4 members (excludes halogenated alkanes) is 1. The summed E-state index contributed by atoms with van der Waals surface area (Å²) in [6, 6.07) is 24.0. The Morgan fingerprint density at radius 1 is 0.935 bits per heavy atom. The smallest absolute Gasteiger partial charge is 0.857 e. The quantitative estimate of drug-likeness (QED) is 0.167. The van der Waals surface area contributed by atoms with Crippen molar-refractivity contribution in [1.29, 1.82) is 0 Å². The van der Waals surface area contributed by atoms with Crippen molar-refractivity contribution < 1.29 is 21.6 Å². The van der Waals surface area contributed by atoms with Crippen LogP contribution in [0, 0.1) is 19.9 Å². The number of para-hydroxylation sites is 1. The van der Waals surface area contributed by atoms with Crippen molar-refractivity contribution >= 4 is 17.3 Å². The van der Waals surface area contributed by atoms with Gasteiger partial charge < -0.3 is 5.11 Å². The van der Waals surface area contributed by atoms with Crippen molar-refractivity contribution in [2.45, 2.75) is 40.5 Å². The van der Waals surface area contributed by atoms with Crippen molar-refractivity contribution in [3.05, 3.63) is 95.3 Å². The second-order valence-electron chi connectivity index (χ2n) is 6.96. The van der Waals surface area contributed by atoms with Crippen molar-refractivity contribution in [3.8, 4) is 0 Å². The van der Waals surface area contributed by atoms with Gasteiger partial charge in [0, 0.05) is 12.4 Å². The van der Waals surface area contributed by atoms with Crippen LogP contribution in [0.1, 0.15) is 49.2 Å². The predicted molar refractivity (Wildman–Crippen MR) is 124 cm³/mol. The third kappa shape index (κ3) is 8.86. The van der Waals surface area contributed by atoms with Crippen LogP contribution >= 0.6 is 0 Å². The SMILES string of the molecule is CCCCN=C([O-])c1cccc(C(C)=Nc2c(C)cccc2C)n1.[Ni+2].[c-]1ccccc1. The Bertz CT molecular complexity index is 938. The van der Waals surface area contributed by atoms with Gasteiger partial charge in [0.25, 0.3) is 0 Å². The molecule has 0 amide bonds. The molecule has 1 heterocycles. The van der Waals surface area contributed by atoms with Crippen LogP contribution in [-0.2, 0) is 16.5 Å². The van der Waals surface area contributed by atoms with Gasteiger partial charge in [-0.05, 0) is 50.5 Å². The molecule has 4 nitrogen and oxygen atoms in total. The first-order valence-corrected chi connectivity index (χ1v) is 10.2. The Hall–Kier alpha value is -2.78. The molecule has 164 valence electrons. The van der Waals surface area contributed by atoms with Crippen LogP contribution < -0.4 is 5.11 Å². The molecule has 0 saturated carbocycles. The van der Waals surface area contributed by atoms with Gasteiger partial charge in [0.15, 0.2) is 0 Å². The van der Waals surface area contributed by atoms with Crippen LogP contribution in [0.4, 0.5) is 5.69 Å². The number of benzene rings is 2. The third-order valence-corrected chi connectivity index (χ3v) is 4.43. The van der Waals surface area contributed by atoms with E-state index in [0.29, 0.717) is 17.9 Å². The number of aromatic nitrogens is 1. The summed E-state index contributed by atoms with van der Waals surface area (Å²) < 4.78 is 0. The molecule has 0 fully saturated rings. The van der Waals surface area contributed by atoms with E-state index in [-0.39, 0.29) is 22.4 Å². The predicted octanol–water partition coefficient (Wildman–Crippen LogP) is 5.23. The van der Waals surface area contributed by atoms with Crippen molar-refractivity contribution in [2.24, 2.45) is 9.98 Å². The molecule has 0 N–H and O–H groups in total. The molecule has 0 atom stereocenters. The van der Waals surface area contributed by atoms with Crippen molar-refractivity contribution in [1.82, 2.24) is 4.98 Å². The van der Waals surface area contributed by atoms with Gasteiger partial charge in [-0.1, -0.05) is 37.6 Å². The molecule has 0 spiro atoms. The molecule has 0 saturated heterocycles. The van der Waals surface area contributed by atoms with E-state index in [4.69, 9.17) is 4.99 Å². The molecular formula is C26H29N3NiO. The van der Waals surface area contributed by atoms with Gasteiger partial charge >= 0.3 is 16.5 Å². The van der Waals surface area contributed by atoms with E-state index in [9.17, 15) is 5.11 Å². The van der Waals surface area contributed by atoms with E-state index in [1.165, 1.54) is 0 Å². The number of hydrogen-bond acceptors (Lipinski definition) is 4. The van der Waals surface area contributed by atoms with E-state index in [1.54, 1.807) is 6.07 Å². The molecule has 0 bridgehead atoms. The minimum Gasteiger partial charge on any atom is -0.857 e. The van der Waals surface area contributed by atoms with Crippen LogP contribution in [0.15, 0.2) is 76.7 Å². The minimum absolute atomic E-state index is 0. The normalized spacial score (nSPS) is 11.2. The van der Waals surface area contributed by atoms with E-state index < -0.39 is 0 Å². The van der Waals surface area contributed by atoms with Gasteiger partial charge in [-0.3, -0.25) is 9.98 Å². The monoisotopic (exact) mass is 457 g/mol. The number of pyridine rings is 1. The molecule has 1 aromatic heterocycles. The average molecular weight is 458 g/mol. The standard InChI is InChI=1S/C20H25N3O.C6H5.Ni/c1-5-6-13-21-20(24)18-12-8-11-17(23-18)16(4)22-19-14(2)9-7-10-15(19)3;1-2-4-6-5-3-1;/h7-12H,5-6,13H2,1-4H3,(H,21,24);1-5H;/q;-1;+2/p-1. The van der Waals surface area contributed by atoms with Gasteiger partial charge in [-0.25, -0.2) is 4.98 Å². The van der Waals surface area contributed by atoms with Gasteiger partial charge in [0.1, 0.15) is 0 Å². The maximum Gasteiger partial charge on any atom is 2.00 e. The Labute approximate surface area is 196 Å². The van der Waals surface area contributed by atoms with E-state index in [0.717, 1.165) is 35.4 Å². The van der Waals surface area contributed by atoms with Crippen LogP contribution in [0.3, 0.4) is 0 Å². The summed E-state index contributed by atoms with van der Waals surface area (Å²) in [5, 5.41) is 12.1. The second-order valence-corrected chi connectivity index (χ2v) is 6.96. The summed E-state index contributed by atoms with van der Waals surface area (Å²) in [7, 11) is 0. The number of nitrogens with zero attached hydrogens (tertiary/aromatic N) is 3. The summed E-state index contributed by atoms with van der Waals surface area (Å²) in [4.78, 5) is 13.2. The molecule has 0 radical (unpaired) electrons. The summed E-state index contributed by atoms with van der Waals surface area (Å²) in [6.45, 7) is 8.62. The number of hydrogen-bond donors (Lipinski definition) is 0. The van der Waals surface area contributed by atoms with Gasteiger partial charge in [0.2, 0.25) is 0 Å². The molecule has 5 heteroatoms. The molecular weight excluding hydrogens is 429 g/mol. The number of rotatable bonds is 6. The molecule has 3 rings (SSSR count). The van der Waals surface area contributed by atoms with E-state index in [2.05, 4.69) is 23.0 Å². The van der Waals surface area contributed by atoms with Crippen molar-refractivity contribution in [3.63, 3.8) is 0 Å². The number of aryl methyl sites for hydroxylation is 2. The Balaban J connectivity index is 0.000000591. The van der Waals surface area contributed by atoms with Crippen LogP contribution in [0.25, 0.3) is 0 Å². The minimum atomic E-state index is -0.259. The second kappa shape index (κ2) is 14.3. The van der Waals surface area contributed by atoms with Crippen molar-refractivity contribution in [2.75, 3.05) is 6.54 Å². The van der Waals surface area contributed by atoms with Crippen LogP contribution in [-0.4, -0.2) is 23.1 Å². The average Bonchev–Trinajstić information content (AvgIpc) is 2.78. The molecule has 0 aliphatic heterocycles. The fraction of sp³-hybridized carbons (Fsp3) is 0.269. The maximum absolute atomic E-state index is 12.1. The fourth-order valence-corrected chi connectivity index (χ4v) is 2.72. The topological polar surface area (TPSA) is 60.7 Å². The molecule has 0 aliphatic carbocycles. The zero-order valence-electron chi connectivity index (χ0n) is 18.5. The summed E-state index contributed by atoms with van der Waals surface area (Å²) in [6.07, 6.45) is 1.93. The Morgan fingerprint density at radius 3 is 2.10 bits per heavy atom. The van der Waals surface area contributed by atoms with E-state index >= 15 is 0 Å². The number of aliphatic imine (C=N–C) groups is 2. The first-order valence-electron chi connectivity index (χ1n) is 10.2. The molecule has 0 unspecified atom stereocenters. The third-order valence-electron chi connectivity index (χ3n) is 4.43. The van der Waals surface area contributed by atoms with Crippen LogP contribution in [0.2, 0.25) is 0 Å². The van der Waals surface area contributed by atoms with Gasteiger partial charge in [-0.15, -0.1) is 0 Å². The van der Waals surface area contributed by atoms with Gasteiger partial charge in [0.05, 0.1) is 22.8 Å². The largest absolute Gasteiger partial charge is 2.00 e. The summed E-state index contributed by atoms with van der Waals surface area (Å²) in [5.41, 5.74) is 5.07. The van der Waals surface area contributed by atoms with Crippen LogP contribution in [0.5, 0.6) is 0 Å². The molecule has 0 aliphatic rings. The molecule has 31 heavy (non-hydrogen) atoms. The molecule has 2 aromatic carbocycles. The zero-order chi connectivity index (χ0) is 21.8. The summed E-state index contributed by atoms with van der Waals surface area (Å²) in [5.74, 6) is -0.259. The Morgan fingerprint density at radius 2 is 1.55 bits per heavy atom. The Kier molecular flexibility index (Phi) is 12.1. The zero-order valence-corrected chi connectivity index (χ0v) is 19.5. The maximum atomic E-state index is 12.1. The fourth-order valence-electron chi connectivity index (χ4n) is 2.72. The van der Waals surface area contributed by atoms with Gasteiger partial charge in [-0.2, -0.15) is 36.4 Å². The van der Waals surface area contributed by atoms with E-state index in [1.807, 2.05) is 81.4 Å². The first-order chi connectivity index (χ1) is 14.5. The molecule has 3 aromatic rings.